The molecule has 0 atom stereocenters. The summed E-state index contributed by atoms with van der Waals surface area (Å²) in [6.45, 7) is 4.12. The Hall–Kier alpha value is -3.35. The number of nitrogens with zero attached hydrogens (tertiary/aromatic N) is 2. The highest BCUT2D eigenvalue weighted by Gasteiger charge is 2.14. The van der Waals surface area contributed by atoms with Crippen LogP contribution in [0.15, 0.2) is 47.1 Å². The van der Waals surface area contributed by atoms with Crippen molar-refractivity contribution in [2.45, 2.75) is 33.2 Å². The number of aryl methyl sites for hydroxylation is 1. The monoisotopic (exact) mass is 367 g/mol. The SMILES string of the molecule is Cc1nn(-c2ccc(C(=O)NCc3ccco3)cc2)c(C)c1CCC(=O)O. The molecule has 0 bridgehead atoms. The highest BCUT2D eigenvalue weighted by Crippen LogP contribution is 2.20. The van der Waals surface area contributed by atoms with Crippen LogP contribution in [0.1, 0.15) is 39.5 Å². The highest BCUT2D eigenvalue weighted by atomic mass is 16.4. The molecule has 140 valence electrons. The van der Waals surface area contributed by atoms with E-state index >= 15 is 0 Å². The van der Waals surface area contributed by atoms with Gasteiger partial charge in [0, 0.05) is 17.7 Å². The van der Waals surface area contributed by atoms with E-state index in [0.29, 0.717) is 24.3 Å². The minimum Gasteiger partial charge on any atom is -0.481 e. The minimum absolute atomic E-state index is 0.0716. The molecule has 0 aliphatic carbocycles. The summed E-state index contributed by atoms with van der Waals surface area (Å²) in [5.74, 6) is -0.323. The van der Waals surface area contributed by atoms with Gasteiger partial charge in [0.25, 0.3) is 5.91 Å². The second kappa shape index (κ2) is 7.90. The van der Waals surface area contributed by atoms with Crippen molar-refractivity contribution in [3.05, 3.63) is 70.9 Å². The molecule has 2 aromatic heterocycles. The predicted octanol–water partition coefficient (Wildman–Crippen LogP) is 3.03. The smallest absolute Gasteiger partial charge is 0.303 e. The van der Waals surface area contributed by atoms with Crippen molar-refractivity contribution in [3.8, 4) is 5.69 Å². The average Bonchev–Trinajstić information content (AvgIpc) is 3.26. The zero-order chi connectivity index (χ0) is 19.4. The number of carbonyl (C=O) groups is 2. The number of furan rings is 1. The third kappa shape index (κ3) is 4.25. The van der Waals surface area contributed by atoms with Crippen LogP contribution in [0.2, 0.25) is 0 Å². The Balaban J connectivity index is 1.72. The van der Waals surface area contributed by atoms with E-state index in [2.05, 4.69) is 10.4 Å². The molecule has 0 spiro atoms. The fourth-order valence-electron chi connectivity index (χ4n) is 2.96. The van der Waals surface area contributed by atoms with Crippen molar-refractivity contribution in [1.82, 2.24) is 15.1 Å². The molecule has 2 N–H and O–H groups in total. The van der Waals surface area contributed by atoms with Gasteiger partial charge in [-0.15, -0.1) is 0 Å². The zero-order valence-corrected chi connectivity index (χ0v) is 15.2. The second-order valence-electron chi connectivity index (χ2n) is 6.26. The summed E-state index contributed by atoms with van der Waals surface area (Å²) in [4.78, 5) is 23.1. The quantitative estimate of drug-likeness (QED) is 0.669. The van der Waals surface area contributed by atoms with Gasteiger partial charge in [-0.25, -0.2) is 4.68 Å². The van der Waals surface area contributed by atoms with Gasteiger partial charge in [-0.2, -0.15) is 5.10 Å². The first kappa shape index (κ1) is 18.4. The van der Waals surface area contributed by atoms with Crippen LogP contribution in [0.3, 0.4) is 0 Å². The normalized spacial score (nSPS) is 10.7. The third-order valence-electron chi connectivity index (χ3n) is 4.41. The van der Waals surface area contributed by atoms with Gasteiger partial charge in [0.15, 0.2) is 0 Å². The summed E-state index contributed by atoms with van der Waals surface area (Å²) in [6.07, 6.45) is 2.08. The van der Waals surface area contributed by atoms with Crippen molar-refractivity contribution >= 4 is 11.9 Å². The number of amides is 1. The number of benzene rings is 1. The van der Waals surface area contributed by atoms with Crippen LogP contribution in [0, 0.1) is 13.8 Å². The molecule has 3 rings (SSSR count). The van der Waals surface area contributed by atoms with Gasteiger partial charge in [-0.05, 0) is 62.2 Å². The summed E-state index contributed by atoms with van der Waals surface area (Å²) in [5.41, 5.74) is 4.02. The maximum absolute atomic E-state index is 12.2. The van der Waals surface area contributed by atoms with Crippen LogP contribution < -0.4 is 5.32 Å². The van der Waals surface area contributed by atoms with Gasteiger partial charge >= 0.3 is 5.97 Å². The maximum atomic E-state index is 12.2. The Morgan fingerprint density at radius 3 is 2.56 bits per heavy atom. The topological polar surface area (TPSA) is 97.4 Å². The van der Waals surface area contributed by atoms with Crippen LogP contribution in [0.25, 0.3) is 5.69 Å². The van der Waals surface area contributed by atoms with Crippen molar-refractivity contribution < 1.29 is 19.1 Å². The number of nitrogens with one attached hydrogen (secondary N) is 1. The highest BCUT2D eigenvalue weighted by molar-refractivity contribution is 5.94. The lowest BCUT2D eigenvalue weighted by atomic mass is 10.1. The van der Waals surface area contributed by atoms with Crippen molar-refractivity contribution in [3.63, 3.8) is 0 Å². The molecule has 0 aliphatic rings. The van der Waals surface area contributed by atoms with Crippen molar-refractivity contribution in [2.24, 2.45) is 0 Å². The standard InChI is InChI=1S/C20H21N3O4/c1-13-18(9-10-19(24)25)14(2)23(22-13)16-7-5-15(6-8-16)20(26)21-12-17-4-3-11-27-17/h3-8,11H,9-10,12H2,1-2H3,(H,21,26)(H,24,25). The summed E-state index contributed by atoms with van der Waals surface area (Å²) in [6, 6.07) is 10.7. The van der Waals surface area contributed by atoms with Gasteiger partial charge in [0.1, 0.15) is 5.76 Å². The second-order valence-corrected chi connectivity index (χ2v) is 6.26. The Bertz CT molecular complexity index is 941. The van der Waals surface area contributed by atoms with Crippen LogP contribution in [0.4, 0.5) is 0 Å². The third-order valence-corrected chi connectivity index (χ3v) is 4.41. The number of carboxylic acids is 1. The number of hydrogen-bond acceptors (Lipinski definition) is 4. The van der Waals surface area contributed by atoms with Gasteiger partial charge in [-0.3, -0.25) is 9.59 Å². The van der Waals surface area contributed by atoms with E-state index < -0.39 is 5.97 Å². The number of aliphatic carboxylic acids is 1. The maximum Gasteiger partial charge on any atom is 0.303 e. The van der Waals surface area contributed by atoms with Gasteiger partial charge in [-0.1, -0.05) is 0 Å². The Morgan fingerprint density at radius 1 is 1.19 bits per heavy atom. The Morgan fingerprint density at radius 2 is 1.93 bits per heavy atom. The number of carboxylic acid groups (broad SMARTS) is 1. The van der Waals surface area contributed by atoms with E-state index in [1.54, 1.807) is 35.2 Å². The summed E-state index contributed by atoms with van der Waals surface area (Å²) in [7, 11) is 0. The van der Waals surface area contributed by atoms with E-state index in [1.165, 1.54) is 0 Å². The molecule has 7 nitrogen and oxygen atoms in total. The van der Waals surface area contributed by atoms with E-state index in [4.69, 9.17) is 9.52 Å². The molecule has 0 aliphatic heterocycles. The molecule has 2 heterocycles. The molecule has 0 radical (unpaired) electrons. The first-order valence-corrected chi connectivity index (χ1v) is 8.63. The fourth-order valence-corrected chi connectivity index (χ4v) is 2.96. The number of hydrogen-bond donors (Lipinski definition) is 2. The molecule has 27 heavy (non-hydrogen) atoms. The first-order valence-electron chi connectivity index (χ1n) is 8.63. The molecular weight excluding hydrogens is 346 g/mol. The Labute approximate surface area is 156 Å². The molecule has 0 unspecified atom stereocenters. The molecule has 1 aromatic carbocycles. The van der Waals surface area contributed by atoms with E-state index in [9.17, 15) is 9.59 Å². The first-order chi connectivity index (χ1) is 13.0. The largest absolute Gasteiger partial charge is 0.481 e. The minimum atomic E-state index is -0.827. The summed E-state index contributed by atoms with van der Waals surface area (Å²) >= 11 is 0. The lowest BCUT2D eigenvalue weighted by Crippen LogP contribution is -2.22. The lowest BCUT2D eigenvalue weighted by Gasteiger charge is -2.07. The molecule has 0 fully saturated rings. The molecule has 7 heteroatoms. The molecule has 3 aromatic rings. The fraction of sp³-hybridized carbons (Fsp3) is 0.250. The molecule has 1 amide bonds. The van der Waals surface area contributed by atoms with Crippen molar-refractivity contribution in [2.75, 3.05) is 0 Å². The number of aromatic nitrogens is 2. The zero-order valence-electron chi connectivity index (χ0n) is 15.2. The molecule has 0 saturated heterocycles. The lowest BCUT2D eigenvalue weighted by molar-refractivity contribution is -0.136. The van der Waals surface area contributed by atoms with Crippen LogP contribution in [0.5, 0.6) is 0 Å². The van der Waals surface area contributed by atoms with Gasteiger partial charge in [0.2, 0.25) is 0 Å². The number of carbonyl (C=O) groups excluding carboxylic acids is 1. The van der Waals surface area contributed by atoms with E-state index in [0.717, 1.165) is 22.6 Å². The predicted molar refractivity (Wildman–Crippen MR) is 98.9 cm³/mol. The molecule has 0 saturated carbocycles. The van der Waals surface area contributed by atoms with Crippen molar-refractivity contribution in [1.29, 1.82) is 0 Å². The average molecular weight is 367 g/mol. The Kier molecular flexibility index (Phi) is 5.40. The van der Waals surface area contributed by atoms with E-state index in [1.807, 2.05) is 26.0 Å². The van der Waals surface area contributed by atoms with E-state index in [-0.39, 0.29) is 12.3 Å². The summed E-state index contributed by atoms with van der Waals surface area (Å²) in [5, 5.41) is 16.2. The van der Waals surface area contributed by atoms with Crippen LogP contribution in [-0.2, 0) is 17.8 Å². The van der Waals surface area contributed by atoms with Crippen LogP contribution in [-0.4, -0.2) is 26.8 Å². The van der Waals surface area contributed by atoms with Gasteiger partial charge < -0.3 is 14.8 Å². The number of rotatable bonds is 7. The summed E-state index contributed by atoms with van der Waals surface area (Å²) < 4.78 is 6.97. The molecular formula is C20H21N3O4. The van der Waals surface area contributed by atoms with Crippen LogP contribution >= 0.6 is 0 Å². The van der Waals surface area contributed by atoms with Gasteiger partial charge in [0.05, 0.1) is 24.2 Å².